The topological polar surface area (TPSA) is 46.2 Å². The molecule has 0 bridgehead atoms. The summed E-state index contributed by atoms with van der Waals surface area (Å²) in [5, 5.41) is 2.60. The average Bonchev–Trinajstić information content (AvgIpc) is 2.25. The maximum atomic E-state index is 11.2. The van der Waals surface area contributed by atoms with Gasteiger partial charge in [-0.25, -0.2) is 0 Å². The first kappa shape index (κ1) is 15.1. The van der Waals surface area contributed by atoms with Crippen molar-refractivity contribution in [2.75, 3.05) is 6.54 Å². The second-order valence-electron chi connectivity index (χ2n) is 4.35. The molecule has 1 N–H and O–H groups in total. The van der Waals surface area contributed by atoms with Crippen molar-refractivity contribution in [1.29, 1.82) is 0 Å². The zero-order chi connectivity index (χ0) is 12.2. The van der Waals surface area contributed by atoms with Crippen molar-refractivity contribution < 1.29 is 9.59 Å². The van der Waals surface area contributed by atoms with E-state index in [1.54, 1.807) is 0 Å². The smallest absolute Gasteiger partial charge is 0.220 e. The average molecular weight is 227 g/mol. The number of ketones is 1. The van der Waals surface area contributed by atoms with Crippen LogP contribution >= 0.6 is 0 Å². The highest BCUT2D eigenvalue weighted by atomic mass is 16.2. The summed E-state index contributed by atoms with van der Waals surface area (Å²) in [6.45, 7) is 3.86. The Morgan fingerprint density at radius 2 is 1.50 bits per heavy atom. The summed E-state index contributed by atoms with van der Waals surface area (Å²) in [7, 11) is 0. The van der Waals surface area contributed by atoms with Gasteiger partial charge in [-0.05, 0) is 13.3 Å². The van der Waals surface area contributed by atoms with E-state index in [1.165, 1.54) is 39.0 Å². The van der Waals surface area contributed by atoms with Gasteiger partial charge in [0.25, 0.3) is 0 Å². The number of rotatable bonds is 10. The van der Waals surface area contributed by atoms with E-state index in [0.29, 0.717) is 6.42 Å². The Labute approximate surface area is 99.0 Å². The number of hydrogen-bond donors (Lipinski definition) is 1. The summed E-state index contributed by atoms with van der Waals surface area (Å²) in [6, 6.07) is 0. The molecule has 0 radical (unpaired) electrons. The minimum absolute atomic E-state index is 0.00348. The Bertz CT molecular complexity index is 202. The summed E-state index contributed by atoms with van der Waals surface area (Å²) in [5.41, 5.74) is 0. The van der Waals surface area contributed by atoms with Crippen LogP contribution in [0.4, 0.5) is 0 Å². The van der Waals surface area contributed by atoms with E-state index in [9.17, 15) is 9.59 Å². The number of carbonyl (C=O) groups is 2. The zero-order valence-electron chi connectivity index (χ0n) is 10.7. The first-order valence-corrected chi connectivity index (χ1v) is 6.43. The molecule has 0 aliphatic rings. The lowest BCUT2D eigenvalue weighted by molar-refractivity contribution is -0.124. The Hall–Kier alpha value is -0.860. The van der Waals surface area contributed by atoms with Gasteiger partial charge >= 0.3 is 0 Å². The van der Waals surface area contributed by atoms with Crippen molar-refractivity contribution in [1.82, 2.24) is 5.32 Å². The van der Waals surface area contributed by atoms with Crippen molar-refractivity contribution in [3.05, 3.63) is 0 Å². The molecule has 3 heteroatoms. The van der Waals surface area contributed by atoms with Gasteiger partial charge in [-0.2, -0.15) is 0 Å². The number of carbonyl (C=O) groups excluding carboxylic acids is 2. The maximum absolute atomic E-state index is 11.2. The predicted octanol–water partition coefficient (Wildman–Crippen LogP) is 2.83. The minimum atomic E-state index is 0.00348. The van der Waals surface area contributed by atoms with E-state index >= 15 is 0 Å². The van der Waals surface area contributed by atoms with E-state index in [-0.39, 0.29) is 18.2 Å². The van der Waals surface area contributed by atoms with Crippen LogP contribution in [0.2, 0.25) is 0 Å². The summed E-state index contributed by atoms with van der Waals surface area (Å²) >= 11 is 0. The van der Waals surface area contributed by atoms with E-state index in [4.69, 9.17) is 0 Å². The highest BCUT2D eigenvalue weighted by Gasteiger charge is 2.01. The summed E-state index contributed by atoms with van der Waals surface area (Å²) in [4.78, 5) is 21.8. The van der Waals surface area contributed by atoms with Gasteiger partial charge in [-0.1, -0.05) is 45.4 Å². The molecule has 0 saturated heterocycles. The van der Waals surface area contributed by atoms with Gasteiger partial charge in [0.05, 0.1) is 6.54 Å². The zero-order valence-corrected chi connectivity index (χ0v) is 10.7. The molecular weight excluding hydrogens is 202 g/mol. The van der Waals surface area contributed by atoms with Gasteiger partial charge in [0, 0.05) is 6.42 Å². The molecule has 0 atom stereocenters. The van der Waals surface area contributed by atoms with Crippen LogP contribution in [0.1, 0.15) is 65.2 Å². The van der Waals surface area contributed by atoms with Crippen LogP contribution in [0.15, 0.2) is 0 Å². The van der Waals surface area contributed by atoms with Crippen molar-refractivity contribution in [2.24, 2.45) is 0 Å². The Morgan fingerprint density at radius 3 is 2.06 bits per heavy atom. The van der Waals surface area contributed by atoms with Crippen LogP contribution < -0.4 is 5.32 Å². The van der Waals surface area contributed by atoms with Crippen LogP contribution in [0, 0.1) is 0 Å². The molecule has 1 amide bonds. The molecule has 0 aromatic carbocycles. The number of hydrogen-bond acceptors (Lipinski definition) is 2. The van der Waals surface area contributed by atoms with Crippen LogP contribution in [-0.2, 0) is 9.59 Å². The van der Waals surface area contributed by atoms with E-state index < -0.39 is 0 Å². The van der Waals surface area contributed by atoms with Crippen LogP contribution in [0.5, 0.6) is 0 Å². The third kappa shape index (κ3) is 11.2. The first-order valence-electron chi connectivity index (χ1n) is 6.43. The first-order chi connectivity index (χ1) is 7.66. The fraction of sp³-hybridized carbons (Fsp3) is 0.846. The molecule has 16 heavy (non-hydrogen) atoms. The molecule has 0 rings (SSSR count). The molecule has 3 nitrogen and oxygen atoms in total. The molecule has 0 aromatic rings. The van der Waals surface area contributed by atoms with Gasteiger partial charge in [0.2, 0.25) is 5.91 Å². The lowest BCUT2D eigenvalue weighted by Gasteiger charge is -2.03. The number of Topliss-reactive ketones (excluding diaryl/α,β-unsaturated/α-hetero) is 1. The van der Waals surface area contributed by atoms with Crippen molar-refractivity contribution in [3.63, 3.8) is 0 Å². The van der Waals surface area contributed by atoms with Crippen molar-refractivity contribution in [3.8, 4) is 0 Å². The minimum Gasteiger partial charge on any atom is -0.349 e. The lowest BCUT2D eigenvalue weighted by Crippen LogP contribution is -2.27. The van der Waals surface area contributed by atoms with Gasteiger partial charge in [-0.3, -0.25) is 9.59 Å². The second-order valence-corrected chi connectivity index (χ2v) is 4.35. The second kappa shape index (κ2) is 10.7. The monoisotopic (exact) mass is 227 g/mol. The van der Waals surface area contributed by atoms with E-state index in [1.807, 2.05) is 0 Å². The van der Waals surface area contributed by atoms with E-state index in [2.05, 4.69) is 12.2 Å². The quantitative estimate of drug-likeness (QED) is 0.583. The summed E-state index contributed by atoms with van der Waals surface area (Å²) in [5.74, 6) is 0.0108. The van der Waals surface area contributed by atoms with E-state index in [0.717, 1.165) is 12.8 Å². The molecule has 0 unspecified atom stereocenters. The number of amides is 1. The molecule has 0 aliphatic heterocycles. The Balaban J connectivity index is 3.18. The fourth-order valence-corrected chi connectivity index (χ4v) is 1.55. The van der Waals surface area contributed by atoms with Crippen LogP contribution in [0.25, 0.3) is 0 Å². The lowest BCUT2D eigenvalue weighted by atomic mass is 10.1. The van der Waals surface area contributed by atoms with Gasteiger partial charge in [0.1, 0.15) is 5.78 Å². The van der Waals surface area contributed by atoms with Crippen molar-refractivity contribution >= 4 is 11.7 Å². The predicted molar refractivity (Wildman–Crippen MR) is 66.3 cm³/mol. The molecule has 0 aromatic heterocycles. The SMILES string of the molecule is CCCCCCCCCC(=O)NCC(C)=O. The van der Waals surface area contributed by atoms with Crippen LogP contribution in [0.3, 0.4) is 0 Å². The highest BCUT2D eigenvalue weighted by molar-refractivity contribution is 5.84. The van der Waals surface area contributed by atoms with Crippen LogP contribution in [-0.4, -0.2) is 18.2 Å². The van der Waals surface area contributed by atoms with Gasteiger partial charge < -0.3 is 5.32 Å². The fourth-order valence-electron chi connectivity index (χ4n) is 1.55. The molecule has 0 heterocycles. The molecule has 0 aliphatic carbocycles. The normalized spacial score (nSPS) is 10.1. The Kier molecular flexibility index (Phi) is 10.1. The van der Waals surface area contributed by atoms with Gasteiger partial charge in [0.15, 0.2) is 0 Å². The molecular formula is C13H25NO2. The standard InChI is InChI=1S/C13H25NO2/c1-3-4-5-6-7-8-9-10-13(16)14-11-12(2)15/h3-11H2,1-2H3,(H,14,16). The molecule has 94 valence electrons. The third-order valence-electron chi connectivity index (χ3n) is 2.54. The Morgan fingerprint density at radius 1 is 0.938 bits per heavy atom. The van der Waals surface area contributed by atoms with Gasteiger partial charge in [-0.15, -0.1) is 0 Å². The third-order valence-corrected chi connectivity index (χ3v) is 2.54. The highest BCUT2D eigenvalue weighted by Crippen LogP contribution is 2.08. The molecule has 0 spiro atoms. The largest absolute Gasteiger partial charge is 0.349 e. The number of unbranched alkanes of at least 4 members (excludes halogenated alkanes) is 6. The molecule has 0 fully saturated rings. The molecule has 0 saturated carbocycles. The number of nitrogens with one attached hydrogen (secondary N) is 1. The van der Waals surface area contributed by atoms with Crippen molar-refractivity contribution in [2.45, 2.75) is 65.2 Å². The maximum Gasteiger partial charge on any atom is 0.220 e. The summed E-state index contributed by atoms with van der Waals surface area (Å²) < 4.78 is 0. The summed E-state index contributed by atoms with van der Waals surface area (Å²) in [6.07, 6.45) is 9.02.